The van der Waals surface area contributed by atoms with Crippen molar-refractivity contribution in [2.45, 2.75) is 19.5 Å². The van der Waals surface area contributed by atoms with Gasteiger partial charge >= 0.3 is 6.18 Å². The molecule has 0 bridgehead atoms. The highest BCUT2D eigenvalue weighted by molar-refractivity contribution is 8.26. The number of aryl methyl sites for hydroxylation is 1. The summed E-state index contributed by atoms with van der Waals surface area (Å²) in [7, 11) is 0. The van der Waals surface area contributed by atoms with Gasteiger partial charge in [0, 0.05) is 18.7 Å². The maximum atomic E-state index is 13.0. The fraction of sp³-hybridized carbons (Fsp3) is 0.190. The van der Waals surface area contributed by atoms with Crippen molar-refractivity contribution in [1.82, 2.24) is 4.90 Å². The molecular weight excluding hydrogens is 469 g/mol. The molecular formula is C21H16ClF3N2O2S2. The zero-order valence-electron chi connectivity index (χ0n) is 16.1. The van der Waals surface area contributed by atoms with E-state index < -0.39 is 22.7 Å². The van der Waals surface area contributed by atoms with E-state index in [1.807, 2.05) is 31.2 Å². The van der Waals surface area contributed by atoms with Crippen LogP contribution in [0, 0.1) is 6.92 Å². The Hall–Kier alpha value is -2.36. The van der Waals surface area contributed by atoms with Gasteiger partial charge < -0.3 is 5.32 Å². The van der Waals surface area contributed by atoms with Gasteiger partial charge in [-0.15, -0.1) is 0 Å². The lowest BCUT2D eigenvalue weighted by molar-refractivity contribution is -0.137. The summed E-state index contributed by atoms with van der Waals surface area (Å²) in [6, 6.07) is 10.7. The lowest BCUT2D eigenvalue weighted by atomic mass is 10.1. The number of thiocarbonyl (C=S) groups is 1. The Bertz CT molecular complexity index is 1070. The monoisotopic (exact) mass is 484 g/mol. The zero-order valence-corrected chi connectivity index (χ0v) is 18.5. The molecule has 1 heterocycles. The molecule has 0 radical (unpaired) electrons. The SMILES string of the molecule is Cc1ccc(C=C2SC(=S)N(CCC(=O)Nc3ccc(Cl)c(C(F)(F)F)c3)C2=O)cc1. The molecule has 0 atom stereocenters. The van der Waals surface area contributed by atoms with E-state index in [-0.39, 0.29) is 24.6 Å². The largest absolute Gasteiger partial charge is 0.417 e. The van der Waals surface area contributed by atoms with Crippen LogP contribution in [0.15, 0.2) is 47.4 Å². The molecule has 0 aromatic heterocycles. The van der Waals surface area contributed by atoms with Crippen LogP contribution in [-0.2, 0) is 15.8 Å². The van der Waals surface area contributed by atoms with Crippen molar-refractivity contribution in [2.24, 2.45) is 0 Å². The average molecular weight is 485 g/mol. The molecule has 0 spiro atoms. The Morgan fingerprint density at radius 1 is 1.23 bits per heavy atom. The summed E-state index contributed by atoms with van der Waals surface area (Å²) in [5.74, 6) is -0.860. The average Bonchev–Trinajstić information content (AvgIpc) is 2.95. The van der Waals surface area contributed by atoms with Crippen LogP contribution in [0.25, 0.3) is 6.08 Å². The van der Waals surface area contributed by atoms with Crippen LogP contribution < -0.4 is 5.32 Å². The number of hydrogen-bond donors (Lipinski definition) is 1. The van der Waals surface area contributed by atoms with Crippen LogP contribution in [0.5, 0.6) is 0 Å². The highest BCUT2D eigenvalue weighted by Crippen LogP contribution is 2.36. The molecule has 31 heavy (non-hydrogen) atoms. The molecule has 2 amide bonds. The predicted molar refractivity (Wildman–Crippen MR) is 121 cm³/mol. The maximum Gasteiger partial charge on any atom is 0.417 e. The van der Waals surface area contributed by atoms with Gasteiger partial charge in [0.1, 0.15) is 4.32 Å². The molecule has 2 aromatic rings. The summed E-state index contributed by atoms with van der Waals surface area (Å²) in [5, 5.41) is 1.94. The number of thioether (sulfide) groups is 1. The first-order chi connectivity index (χ1) is 14.5. The lowest BCUT2D eigenvalue weighted by Gasteiger charge is -2.15. The minimum atomic E-state index is -4.64. The van der Waals surface area contributed by atoms with Gasteiger partial charge in [-0.05, 0) is 36.8 Å². The third-order valence-electron chi connectivity index (χ3n) is 4.37. The van der Waals surface area contributed by atoms with E-state index in [2.05, 4.69) is 5.32 Å². The standard InChI is InChI=1S/C21H16ClF3N2O2S2/c1-12-2-4-13(5-3-12)10-17-19(29)27(20(30)31-17)9-8-18(28)26-14-6-7-16(22)15(11-14)21(23,24)25/h2-7,10-11H,8-9H2,1H3,(H,26,28). The fourth-order valence-electron chi connectivity index (χ4n) is 2.76. The molecule has 1 aliphatic heterocycles. The van der Waals surface area contributed by atoms with Gasteiger partial charge in [0.05, 0.1) is 15.5 Å². The van der Waals surface area contributed by atoms with Gasteiger partial charge in [0.15, 0.2) is 0 Å². The Kier molecular flexibility index (Phi) is 7.08. The van der Waals surface area contributed by atoms with E-state index in [0.29, 0.717) is 9.23 Å². The first-order valence-corrected chi connectivity index (χ1v) is 10.6. The van der Waals surface area contributed by atoms with Crippen LogP contribution in [0.2, 0.25) is 5.02 Å². The lowest BCUT2D eigenvalue weighted by Crippen LogP contribution is -2.31. The number of carbonyl (C=O) groups excluding carboxylic acids is 2. The number of rotatable bonds is 5. The fourth-order valence-corrected chi connectivity index (χ4v) is 4.30. The summed E-state index contributed by atoms with van der Waals surface area (Å²) < 4.78 is 39.2. The summed E-state index contributed by atoms with van der Waals surface area (Å²) in [5.41, 5.74) is 0.877. The molecule has 0 saturated carbocycles. The van der Waals surface area contributed by atoms with E-state index >= 15 is 0 Å². The number of hydrogen-bond acceptors (Lipinski definition) is 4. The number of nitrogens with one attached hydrogen (secondary N) is 1. The Morgan fingerprint density at radius 3 is 2.55 bits per heavy atom. The first-order valence-electron chi connectivity index (χ1n) is 9.03. The third kappa shape index (κ3) is 5.87. The minimum Gasteiger partial charge on any atom is -0.326 e. The number of halogens is 4. The molecule has 162 valence electrons. The van der Waals surface area contributed by atoms with Gasteiger partial charge in [0.2, 0.25) is 5.91 Å². The van der Waals surface area contributed by atoms with Crippen LogP contribution in [0.1, 0.15) is 23.1 Å². The maximum absolute atomic E-state index is 13.0. The van der Waals surface area contributed by atoms with Crippen LogP contribution in [0.4, 0.5) is 18.9 Å². The number of benzene rings is 2. The molecule has 1 saturated heterocycles. The summed E-state index contributed by atoms with van der Waals surface area (Å²) >= 11 is 12.0. The molecule has 0 unspecified atom stereocenters. The van der Waals surface area contributed by atoms with E-state index in [9.17, 15) is 22.8 Å². The predicted octanol–water partition coefficient (Wildman–Crippen LogP) is 5.90. The summed E-state index contributed by atoms with van der Waals surface area (Å²) in [6.45, 7) is 1.98. The highest BCUT2D eigenvalue weighted by atomic mass is 35.5. The zero-order chi connectivity index (χ0) is 22.8. The van der Waals surface area contributed by atoms with Gasteiger partial charge in [-0.3, -0.25) is 14.5 Å². The number of carbonyl (C=O) groups is 2. The topological polar surface area (TPSA) is 49.4 Å². The molecule has 3 rings (SSSR count). The van der Waals surface area contributed by atoms with E-state index in [1.165, 1.54) is 11.0 Å². The Labute approximate surface area is 191 Å². The van der Waals surface area contributed by atoms with E-state index in [4.69, 9.17) is 23.8 Å². The molecule has 1 aliphatic rings. The second-order valence-corrected chi connectivity index (χ2v) is 8.82. The van der Waals surface area contributed by atoms with Crippen LogP contribution >= 0.6 is 35.6 Å². The summed E-state index contributed by atoms with van der Waals surface area (Å²) in [4.78, 5) is 26.6. The molecule has 0 aliphatic carbocycles. The van der Waals surface area contributed by atoms with Gasteiger partial charge in [-0.25, -0.2) is 0 Å². The number of nitrogens with zero attached hydrogens (tertiary/aromatic N) is 1. The molecule has 1 N–H and O–H groups in total. The Balaban J connectivity index is 1.62. The van der Waals surface area contributed by atoms with Crippen molar-refractivity contribution < 1.29 is 22.8 Å². The third-order valence-corrected chi connectivity index (χ3v) is 6.07. The second-order valence-electron chi connectivity index (χ2n) is 6.73. The minimum absolute atomic E-state index is 0.0153. The van der Waals surface area contributed by atoms with Gasteiger partial charge in [-0.1, -0.05) is 65.4 Å². The molecule has 4 nitrogen and oxygen atoms in total. The van der Waals surface area contributed by atoms with Crippen molar-refractivity contribution in [3.05, 3.63) is 69.1 Å². The summed E-state index contributed by atoms with van der Waals surface area (Å²) in [6.07, 6.45) is -3.04. The second kappa shape index (κ2) is 9.42. The van der Waals surface area contributed by atoms with Crippen LogP contribution in [-0.4, -0.2) is 27.6 Å². The van der Waals surface area contributed by atoms with Gasteiger partial charge in [-0.2, -0.15) is 13.2 Å². The molecule has 10 heteroatoms. The highest BCUT2D eigenvalue weighted by Gasteiger charge is 2.34. The number of amides is 2. The van der Waals surface area contributed by atoms with Crippen molar-refractivity contribution in [2.75, 3.05) is 11.9 Å². The van der Waals surface area contributed by atoms with Crippen molar-refractivity contribution in [1.29, 1.82) is 0 Å². The normalized spacial score (nSPS) is 15.6. The first kappa shape index (κ1) is 23.3. The molecule has 1 fully saturated rings. The van der Waals surface area contributed by atoms with Crippen molar-refractivity contribution in [3.8, 4) is 0 Å². The van der Waals surface area contributed by atoms with Crippen LogP contribution in [0.3, 0.4) is 0 Å². The molecule has 2 aromatic carbocycles. The Morgan fingerprint density at radius 2 is 1.90 bits per heavy atom. The van der Waals surface area contributed by atoms with Crippen molar-refractivity contribution in [3.63, 3.8) is 0 Å². The van der Waals surface area contributed by atoms with E-state index in [1.54, 1.807) is 6.08 Å². The van der Waals surface area contributed by atoms with Crippen molar-refractivity contribution >= 4 is 63.5 Å². The number of alkyl halides is 3. The van der Waals surface area contributed by atoms with E-state index in [0.717, 1.165) is 35.0 Å². The quantitative estimate of drug-likeness (QED) is 0.424. The number of anilines is 1. The smallest absolute Gasteiger partial charge is 0.326 e. The van der Waals surface area contributed by atoms with Gasteiger partial charge in [0.25, 0.3) is 5.91 Å².